The van der Waals surface area contributed by atoms with E-state index in [0.717, 1.165) is 5.56 Å². The van der Waals surface area contributed by atoms with Crippen molar-refractivity contribution in [3.63, 3.8) is 0 Å². The molecule has 0 unspecified atom stereocenters. The molecule has 21 heavy (non-hydrogen) atoms. The van der Waals surface area contributed by atoms with Crippen LogP contribution in [0, 0.1) is 0 Å². The first kappa shape index (κ1) is 17.5. The molecule has 0 aromatic heterocycles. The fourth-order valence-electron chi connectivity index (χ4n) is 1.62. The van der Waals surface area contributed by atoms with Crippen LogP contribution in [0.25, 0.3) is 0 Å². The van der Waals surface area contributed by atoms with Crippen LogP contribution in [-0.2, 0) is 16.0 Å². The number of aliphatic hydroxyl groups excluding tert-OH is 1. The summed E-state index contributed by atoms with van der Waals surface area (Å²) in [5, 5.41) is 12.1. The molecular weight excluding hydrogens is 287 g/mol. The molecule has 0 saturated heterocycles. The van der Waals surface area contributed by atoms with E-state index in [2.05, 4.69) is 10.1 Å². The zero-order chi connectivity index (χ0) is 15.9. The van der Waals surface area contributed by atoms with Crippen LogP contribution in [0.2, 0.25) is 0 Å². The number of benzene rings is 1. The largest absolute Gasteiger partial charge is 0.411 e. The minimum absolute atomic E-state index is 0.0482. The lowest BCUT2D eigenvalue weighted by molar-refractivity contribution is -0.185. The Balaban J connectivity index is 2.28. The molecule has 0 bridgehead atoms. The molecule has 1 rings (SSSR count). The van der Waals surface area contributed by atoms with Crippen molar-refractivity contribution in [2.24, 2.45) is 0 Å². The SMILES string of the molecule is C[C@H](OCC(F)(F)F)C(=O)NC[C@@H](O)Cc1ccccc1. The molecule has 4 nitrogen and oxygen atoms in total. The predicted octanol–water partition coefficient (Wildman–Crippen LogP) is 1.67. The van der Waals surface area contributed by atoms with E-state index in [1.165, 1.54) is 6.92 Å². The number of amides is 1. The van der Waals surface area contributed by atoms with E-state index < -0.39 is 30.9 Å². The van der Waals surface area contributed by atoms with Gasteiger partial charge in [-0.05, 0) is 12.5 Å². The van der Waals surface area contributed by atoms with Gasteiger partial charge < -0.3 is 15.2 Å². The Labute approximate surface area is 120 Å². The maximum absolute atomic E-state index is 11.9. The molecule has 0 heterocycles. The Morgan fingerprint density at radius 3 is 2.52 bits per heavy atom. The Morgan fingerprint density at radius 1 is 1.33 bits per heavy atom. The van der Waals surface area contributed by atoms with Gasteiger partial charge in [0.15, 0.2) is 0 Å². The van der Waals surface area contributed by atoms with Crippen molar-refractivity contribution in [3.8, 4) is 0 Å². The third-order valence-corrected chi connectivity index (χ3v) is 2.69. The molecule has 0 aliphatic carbocycles. The second-order valence-electron chi connectivity index (χ2n) is 4.66. The number of alkyl halides is 3. The molecule has 1 aromatic carbocycles. The van der Waals surface area contributed by atoms with Gasteiger partial charge >= 0.3 is 6.18 Å². The van der Waals surface area contributed by atoms with Crippen LogP contribution in [0.15, 0.2) is 30.3 Å². The Morgan fingerprint density at radius 2 is 1.95 bits per heavy atom. The highest BCUT2D eigenvalue weighted by Gasteiger charge is 2.29. The number of carbonyl (C=O) groups excluding carboxylic acids is 1. The second kappa shape index (κ2) is 7.99. The quantitative estimate of drug-likeness (QED) is 0.806. The molecule has 0 aliphatic rings. The van der Waals surface area contributed by atoms with E-state index >= 15 is 0 Å². The van der Waals surface area contributed by atoms with Crippen molar-refractivity contribution >= 4 is 5.91 Å². The van der Waals surface area contributed by atoms with Crippen LogP contribution >= 0.6 is 0 Å². The van der Waals surface area contributed by atoms with Gasteiger partial charge in [-0.1, -0.05) is 30.3 Å². The Kier molecular flexibility index (Phi) is 6.64. The lowest BCUT2D eigenvalue weighted by Gasteiger charge is -2.16. The fourth-order valence-corrected chi connectivity index (χ4v) is 1.62. The number of hydrogen-bond acceptors (Lipinski definition) is 3. The van der Waals surface area contributed by atoms with Gasteiger partial charge in [0.25, 0.3) is 0 Å². The highest BCUT2D eigenvalue weighted by atomic mass is 19.4. The first-order chi connectivity index (χ1) is 9.78. The molecule has 0 radical (unpaired) electrons. The van der Waals surface area contributed by atoms with Crippen molar-refractivity contribution in [2.45, 2.75) is 31.7 Å². The molecule has 2 N–H and O–H groups in total. The monoisotopic (exact) mass is 305 g/mol. The smallest absolute Gasteiger partial charge is 0.391 e. The van der Waals surface area contributed by atoms with Gasteiger partial charge in [-0.2, -0.15) is 13.2 Å². The topological polar surface area (TPSA) is 58.6 Å². The van der Waals surface area contributed by atoms with Crippen LogP contribution in [0.5, 0.6) is 0 Å². The lowest BCUT2D eigenvalue weighted by atomic mass is 10.1. The molecule has 2 atom stereocenters. The number of halogens is 3. The molecule has 118 valence electrons. The van der Waals surface area contributed by atoms with E-state index in [1.54, 1.807) is 0 Å². The van der Waals surface area contributed by atoms with E-state index in [-0.39, 0.29) is 6.54 Å². The standard InChI is InChI=1S/C14H18F3NO3/c1-10(21-9-14(15,16)17)13(20)18-8-12(19)7-11-5-3-2-4-6-11/h2-6,10,12,19H,7-9H2,1H3,(H,18,20)/t10-,12-/m0/s1. The first-order valence-electron chi connectivity index (χ1n) is 6.46. The summed E-state index contributed by atoms with van der Waals surface area (Å²) in [6.07, 6.45) is -6.16. The highest BCUT2D eigenvalue weighted by Crippen LogP contribution is 2.15. The minimum atomic E-state index is -4.47. The molecule has 1 amide bonds. The molecular formula is C14H18F3NO3. The number of ether oxygens (including phenoxy) is 1. The van der Waals surface area contributed by atoms with Crippen LogP contribution < -0.4 is 5.32 Å². The predicted molar refractivity (Wildman–Crippen MR) is 70.6 cm³/mol. The van der Waals surface area contributed by atoms with Gasteiger partial charge in [-0.25, -0.2) is 0 Å². The summed E-state index contributed by atoms with van der Waals surface area (Å²) in [6.45, 7) is -0.299. The van der Waals surface area contributed by atoms with E-state index in [9.17, 15) is 23.1 Å². The normalized spacial score (nSPS) is 14.5. The van der Waals surface area contributed by atoms with Gasteiger partial charge in [0.2, 0.25) is 5.91 Å². The van der Waals surface area contributed by atoms with E-state index in [0.29, 0.717) is 6.42 Å². The van der Waals surface area contributed by atoms with Crippen molar-refractivity contribution in [2.75, 3.05) is 13.2 Å². The second-order valence-corrected chi connectivity index (χ2v) is 4.66. The number of carbonyl (C=O) groups is 1. The highest BCUT2D eigenvalue weighted by molar-refractivity contribution is 5.80. The average Bonchev–Trinajstić information content (AvgIpc) is 2.42. The molecule has 0 spiro atoms. The van der Waals surface area contributed by atoms with Gasteiger partial charge in [0.1, 0.15) is 12.7 Å². The molecule has 1 aromatic rings. The number of nitrogens with one attached hydrogen (secondary N) is 1. The summed E-state index contributed by atoms with van der Waals surface area (Å²) < 4.78 is 40.2. The molecule has 0 fully saturated rings. The zero-order valence-electron chi connectivity index (χ0n) is 11.6. The molecule has 7 heteroatoms. The van der Waals surface area contributed by atoms with Gasteiger partial charge in [0, 0.05) is 13.0 Å². The van der Waals surface area contributed by atoms with Crippen molar-refractivity contribution in [1.82, 2.24) is 5.32 Å². The van der Waals surface area contributed by atoms with Crippen molar-refractivity contribution < 1.29 is 27.8 Å². The lowest BCUT2D eigenvalue weighted by Crippen LogP contribution is -2.40. The van der Waals surface area contributed by atoms with Gasteiger partial charge in [0.05, 0.1) is 6.10 Å². The van der Waals surface area contributed by atoms with E-state index in [1.807, 2.05) is 30.3 Å². The third-order valence-electron chi connectivity index (χ3n) is 2.69. The third kappa shape index (κ3) is 7.67. The van der Waals surface area contributed by atoms with Crippen molar-refractivity contribution in [3.05, 3.63) is 35.9 Å². The number of rotatable bonds is 7. The maximum Gasteiger partial charge on any atom is 0.411 e. The molecule has 0 aliphatic heterocycles. The summed E-state index contributed by atoms with van der Waals surface area (Å²) >= 11 is 0. The average molecular weight is 305 g/mol. The minimum Gasteiger partial charge on any atom is -0.391 e. The van der Waals surface area contributed by atoms with E-state index in [4.69, 9.17) is 0 Å². The maximum atomic E-state index is 11.9. The van der Waals surface area contributed by atoms with Crippen LogP contribution in [0.1, 0.15) is 12.5 Å². The summed E-state index contributed by atoms with van der Waals surface area (Å²) in [6, 6.07) is 9.17. The summed E-state index contributed by atoms with van der Waals surface area (Å²) in [4.78, 5) is 11.5. The molecule has 0 saturated carbocycles. The summed E-state index contributed by atoms with van der Waals surface area (Å²) in [5.74, 6) is -0.689. The number of hydrogen-bond donors (Lipinski definition) is 2. The van der Waals surface area contributed by atoms with Crippen LogP contribution in [0.3, 0.4) is 0 Å². The van der Waals surface area contributed by atoms with Crippen LogP contribution in [-0.4, -0.2) is 42.5 Å². The summed E-state index contributed by atoms with van der Waals surface area (Å²) in [7, 11) is 0. The fraction of sp³-hybridized carbons (Fsp3) is 0.500. The first-order valence-corrected chi connectivity index (χ1v) is 6.46. The van der Waals surface area contributed by atoms with Gasteiger partial charge in [-0.15, -0.1) is 0 Å². The Hall–Kier alpha value is -1.60. The number of aliphatic hydroxyl groups is 1. The summed E-state index contributed by atoms with van der Waals surface area (Å²) in [5.41, 5.74) is 0.903. The van der Waals surface area contributed by atoms with Crippen LogP contribution in [0.4, 0.5) is 13.2 Å². The van der Waals surface area contributed by atoms with Crippen molar-refractivity contribution in [1.29, 1.82) is 0 Å². The van der Waals surface area contributed by atoms with Gasteiger partial charge in [-0.3, -0.25) is 4.79 Å². The zero-order valence-corrected chi connectivity index (χ0v) is 11.6. The Bertz CT molecular complexity index is 437.